The highest BCUT2D eigenvalue weighted by molar-refractivity contribution is 6.17. The van der Waals surface area contributed by atoms with Gasteiger partial charge in [-0.2, -0.15) is 4.98 Å². The number of Topliss-reactive ketones (excluding diaryl/α,β-unsaturated/α-hetero) is 2. The van der Waals surface area contributed by atoms with Crippen LogP contribution in [0.3, 0.4) is 0 Å². The summed E-state index contributed by atoms with van der Waals surface area (Å²) in [4.78, 5) is 32.2. The molecule has 1 aromatic heterocycles. The molecule has 0 bridgehead atoms. The highest BCUT2D eigenvalue weighted by Crippen LogP contribution is 2.36. The highest BCUT2D eigenvalue weighted by Gasteiger charge is 2.41. The maximum absolute atomic E-state index is 12.2. The zero-order valence-electron chi connectivity index (χ0n) is 13.4. The van der Waals surface area contributed by atoms with Gasteiger partial charge in [-0.25, -0.2) is 4.99 Å². The van der Waals surface area contributed by atoms with Crippen LogP contribution in [-0.4, -0.2) is 28.9 Å². The van der Waals surface area contributed by atoms with Gasteiger partial charge in [-0.1, -0.05) is 26.0 Å². The Labute approximate surface area is 138 Å². The van der Waals surface area contributed by atoms with E-state index >= 15 is 0 Å². The third-order valence-electron chi connectivity index (χ3n) is 4.00. The van der Waals surface area contributed by atoms with Crippen molar-refractivity contribution in [3.05, 3.63) is 36.0 Å². The number of carbonyl (C=O) groups is 2. The van der Waals surface area contributed by atoms with Gasteiger partial charge in [-0.3, -0.25) is 14.9 Å². The normalized spacial score (nSPS) is 22.6. The van der Waals surface area contributed by atoms with Crippen LogP contribution in [0.15, 0.2) is 45.4 Å². The molecule has 1 atom stereocenters. The summed E-state index contributed by atoms with van der Waals surface area (Å²) in [5.74, 6) is -0.619. The third-order valence-corrected chi connectivity index (χ3v) is 4.00. The van der Waals surface area contributed by atoms with Crippen molar-refractivity contribution < 1.29 is 14.0 Å². The van der Waals surface area contributed by atoms with Crippen molar-refractivity contribution in [2.45, 2.75) is 26.3 Å². The van der Waals surface area contributed by atoms with Crippen LogP contribution in [0.4, 0.5) is 6.01 Å². The lowest BCUT2D eigenvalue weighted by Crippen LogP contribution is -2.48. The Morgan fingerprint density at radius 2 is 2.12 bits per heavy atom. The number of ketones is 2. The second kappa shape index (κ2) is 6.01. The molecule has 124 valence electrons. The van der Waals surface area contributed by atoms with E-state index in [1.165, 1.54) is 12.5 Å². The molecule has 1 fully saturated rings. The molecule has 0 amide bonds. The van der Waals surface area contributed by atoms with Gasteiger partial charge in [-0.05, 0) is 12.1 Å². The second-order valence-corrected chi connectivity index (χ2v) is 6.32. The van der Waals surface area contributed by atoms with Gasteiger partial charge in [0, 0.05) is 23.6 Å². The van der Waals surface area contributed by atoms with Gasteiger partial charge >= 0.3 is 6.01 Å². The summed E-state index contributed by atoms with van der Waals surface area (Å²) in [6.07, 6.45) is 3.03. The molecule has 0 saturated heterocycles. The number of oxazole rings is 1. The van der Waals surface area contributed by atoms with Gasteiger partial charge in [0.25, 0.3) is 0 Å². The molecule has 1 aliphatic rings. The van der Waals surface area contributed by atoms with Gasteiger partial charge in [-0.15, -0.1) is 0 Å². The Hall–Kier alpha value is -2.80. The molecule has 24 heavy (non-hydrogen) atoms. The number of aliphatic imine (C=N–C) groups is 1. The minimum Gasteiger partial charge on any atom is -0.423 e. The Morgan fingerprint density at radius 3 is 2.88 bits per heavy atom. The summed E-state index contributed by atoms with van der Waals surface area (Å²) in [6.45, 7) is 3.65. The van der Waals surface area contributed by atoms with Crippen molar-refractivity contribution in [2.24, 2.45) is 16.1 Å². The number of anilines is 1. The largest absolute Gasteiger partial charge is 0.423 e. The van der Waals surface area contributed by atoms with E-state index in [1.807, 2.05) is 38.1 Å². The molecule has 1 aromatic carbocycles. The number of hydrogen-bond donors (Lipinski definition) is 2. The third kappa shape index (κ3) is 2.98. The molecule has 0 radical (unpaired) electrons. The average molecular weight is 326 g/mol. The van der Waals surface area contributed by atoms with E-state index in [9.17, 15) is 9.59 Å². The Bertz CT molecular complexity index is 831. The van der Waals surface area contributed by atoms with Crippen LogP contribution >= 0.6 is 0 Å². The smallest absolute Gasteiger partial charge is 0.300 e. The van der Waals surface area contributed by atoms with E-state index < -0.39 is 11.5 Å². The van der Waals surface area contributed by atoms with E-state index in [1.54, 1.807) is 0 Å². The first-order valence-corrected chi connectivity index (χ1v) is 7.55. The van der Waals surface area contributed by atoms with Crippen molar-refractivity contribution >= 4 is 35.0 Å². The molecule has 1 unspecified atom stereocenters. The fourth-order valence-corrected chi connectivity index (χ4v) is 2.66. The number of fused-ring (bicyclic) bond motifs is 1. The zero-order valence-corrected chi connectivity index (χ0v) is 13.4. The first-order chi connectivity index (χ1) is 11.4. The molecule has 1 aliphatic carbocycles. The molecule has 3 N–H and O–H groups in total. The first kappa shape index (κ1) is 16.1. The molecular weight excluding hydrogens is 308 g/mol. The number of carbonyl (C=O) groups excluding carboxylic acids is 2. The zero-order chi connectivity index (χ0) is 17.3. The number of para-hydroxylation sites is 2. The van der Waals surface area contributed by atoms with Crippen molar-refractivity contribution in [1.82, 2.24) is 4.98 Å². The molecule has 1 heterocycles. The summed E-state index contributed by atoms with van der Waals surface area (Å²) >= 11 is 0. The first-order valence-electron chi connectivity index (χ1n) is 7.55. The lowest BCUT2D eigenvalue weighted by atomic mass is 9.70. The summed E-state index contributed by atoms with van der Waals surface area (Å²) in [7, 11) is 0. The van der Waals surface area contributed by atoms with E-state index in [2.05, 4.69) is 15.3 Å². The van der Waals surface area contributed by atoms with Gasteiger partial charge in [0.05, 0.1) is 6.34 Å². The number of aromatic nitrogens is 1. The Balaban J connectivity index is 1.75. The predicted octanol–water partition coefficient (Wildman–Crippen LogP) is 2.05. The lowest BCUT2D eigenvalue weighted by molar-refractivity contribution is -0.131. The van der Waals surface area contributed by atoms with E-state index in [0.29, 0.717) is 17.2 Å². The monoisotopic (exact) mass is 326 g/mol. The average Bonchev–Trinajstić information content (AvgIpc) is 2.94. The van der Waals surface area contributed by atoms with E-state index in [4.69, 9.17) is 10.2 Å². The topological polar surface area (TPSA) is 111 Å². The number of nitrogens with two attached hydrogens (primary N) is 1. The summed E-state index contributed by atoms with van der Waals surface area (Å²) in [5, 5.41) is 2.81. The molecule has 0 spiro atoms. The van der Waals surface area contributed by atoms with Crippen LogP contribution < -0.4 is 11.1 Å². The minimum absolute atomic E-state index is 0.222. The number of nitrogens with one attached hydrogen (secondary N) is 1. The SMILES string of the molecule is CC1(C)CC(=O)C(N)C(=O)C1=CN=CNc1nc2ccccc2o1. The molecule has 3 rings (SSSR count). The number of benzene rings is 1. The number of rotatable bonds is 3. The maximum atomic E-state index is 12.2. The fourth-order valence-electron chi connectivity index (χ4n) is 2.66. The van der Waals surface area contributed by atoms with Gasteiger partial charge < -0.3 is 10.2 Å². The molecule has 0 aliphatic heterocycles. The van der Waals surface area contributed by atoms with Gasteiger partial charge in [0.2, 0.25) is 0 Å². The number of hydrogen-bond acceptors (Lipinski definition) is 6. The predicted molar refractivity (Wildman–Crippen MR) is 90.6 cm³/mol. The van der Waals surface area contributed by atoms with Crippen LogP contribution in [0, 0.1) is 5.41 Å². The van der Waals surface area contributed by atoms with Gasteiger partial charge in [0.15, 0.2) is 17.1 Å². The molecule has 1 saturated carbocycles. The van der Waals surface area contributed by atoms with Crippen molar-refractivity contribution in [1.29, 1.82) is 0 Å². The van der Waals surface area contributed by atoms with Crippen molar-refractivity contribution in [3.63, 3.8) is 0 Å². The molecule has 7 heteroatoms. The van der Waals surface area contributed by atoms with Crippen molar-refractivity contribution in [3.8, 4) is 0 Å². The standard InChI is InChI=1S/C17H18N4O3/c1-17(2)7-12(22)14(18)15(23)10(17)8-19-9-20-16-21-11-5-3-4-6-13(11)24-16/h3-6,8-9,14H,7,18H2,1-2H3,(H,19,20,21). The summed E-state index contributed by atoms with van der Waals surface area (Å²) in [5.41, 5.74) is 6.89. The quantitative estimate of drug-likeness (QED) is 0.386. The Kier molecular flexibility index (Phi) is 4.02. The van der Waals surface area contributed by atoms with Crippen LogP contribution in [0.1, 0.15) is 20.3 Å². The molecular formula is C17H18N4O3. The number of nitrogens with zero attached hydrogens (tertiary/aromatic N) is 2. The second-order valence-electron chi connectivity index (χ2n) is 6.32. The van der Waals surface area contributed by atoms with Gasteiger partial charge in [0.1, 0.15) is 11.6 Å². The van der Waals surface area contributed by atoms with Crippen LogP contribution in [0.25, 0.3) is 11.1 Å². The van der Waals surface area contributed by atoms with Crippen LogP contribution in [-0.2, 0) is 9.59 Å². The maximum Gasteiger partial charge on any atom is 0.300 e. The Morgan fingerprint density at radius 1 is 1.38 bits per heavy atom. The fraction of sp³-hybridized carbons (Fsp3) is 0.294. The highest BCUT2D eigenvalue weighted by atomic mass is 16.4. The van der Waals surface area contributed by atoms with Crippen LogP contribution in [0.5, 0.6) is 0 Å². The van der Waals surface area contributed by atoms with E-state index in [-0.39, 0.29) is 18.0 Å². The summed E-state index contributed by atoms with van der Waals surface area (Å²) < 4.78 is 5.49. The van der Waals surface area contributed by atoms with E-state index in [0.717, 1.165) is 5.52 Å². The lowest BCUT2D eigenvalue weighted by Gasteiger charge is -2.32. The minimum atomic E-state index is -1.09. The molecule has 7 nitrogen and oxygen atoms in total. The van der Waals surface area contributed by atoms with Crippen molar-refractivity contribution in [2.75, 3.05) is 5.32 Å². The summed E-state index contributed by atoms with van der Waals surface area (Å²) in [6, 6.07) is 6.59. The van der Waals surface area contributed by atoms with Crippen LogP contribution in [0.2, 0.25) is 0 Å². The molecule has 2 aromatic rings.